The average Bonchev–Trinajstić information content (AvgIpc) is 0. The van der Waals surface area contributed by atoms with Crippen LogP contribution in [0.3, 0.4) is 0 Å². The molecule has 0 spiro atoms. The summed E-state index contributed by atoms with van der Waals surface area (Å²) < 4.78 is 0. The van der Waals surface area contributed by atoms with Gasteiger partial charge < -0.3 is 0 Å². The molecule has 1 unspecified atom stereocenters. The first kappa shape index (κ1) is 40.1. The minimum atomic E-state index is 0. The van der Waals surface area contributed by atoms with E-state index in [2.05, 4.69) is 0 Å². The molecule has 0 saturated carbocycles. The van der Waals surface area contributed by atoms with Gasteiger partial charge in [0.15, 0.2) is 0 Å². The molecule has 0 N–H and O–H groups in total. The van der Waals surface area contributed by atoms with Gasteiger partial charge in [0.1, 0.15) is 0 Å². The average molecular weight is 156 g/mol. The molecule has 0 aromatic heterocycles. The van der Waals surface area contributed by atoms with E-state index in [1.54, 1.807) is 0 Å². The van der Waals surface area contributed by atoms with Crippen molar-refractivity contribution in [2.45, 2.75) is 0 Å². The molecule has 0 aromatic carbocycles. The van der Waals surface area contributed by atoms with Crippen LogP contribution in [0.4, 0.5) is 0 Å². The monoisotopic (exact) mass is 155 g/mol. The van der Waals surface area contributed by atoms with Crippen LogP contribution in [0.2, 0.25) is 0 Å². The summed E-state index contributed by atoms with van der Waals surface area (Å²) in [5, 5.41) is 0. The van der Waals surface area contributed by atoms with Gasteiger partial charge in [0.05, 0.1) is 0 Å². The minimum absolute atomic E-state index is 0. The molecule has 0 aliphatic heterocycles. The maximum absolute atomic E-state index is 0. The van der Waals surface area contributed by atoms with E-state index in [1.165, 1.54) is 0 Å². The van der Waals surface area contributed by atoms with Gasteiger partial charge >= 0.3 is 0 Å². The summed E-state index contributed by atoms with van der Waals surface area (Å²) in [6.07, 6.45) is 0. The first-order chi connectivity index (χ1) is 0. The van der Waals surface area contributed by atoms with Gasteiger partial charge in [0.2, 0.25) is 0 Å². The largest absolute Gasteiger partial charge is 0.197 e. The predicted octanol–water partition coefficient (Wildman–Crippen LogP) is 0.368. The fraction of sp³-hybridized carbons (Fsp3) is 0. The molecular weight excluding hydrogens is 150 g/mol. The van der Waals surface area contributed by atoms with E-state index in [4.69, 9.17) is 0 Å². The van der Waals surface area contributed by atoms with Crippen molar-refractivity contribution < 1.29 is 0 Å². The standard InChI is InChI=1S/BrH.Li.H3P.H2S/h1H;;1H3;1H2. The van der Waals surface area contributed by atoms with E-state index in [-0.39, 0.29) is 59.2 Å². The molecule has 0 aliphatic rings. The first-order valence-corrected chi connectivity index (χ1v) is 0. The van der Waals surface area contributed by atoms with Crippen LogP contribution < -0.4 is 0 Å². The first-order valence-electron chi connectivity index (χ1n) is 0. The third-order valence-corrected chi connectivity index (χ3v) is 0. The van der Waals surface area contributed by atoms with Crippen molar-refractivity contribution in [1.82, 2.24) is 0 Å². The van der Waals surface area contributed by atoms with Crippen LogP contribution in [0, 0.1) is 0 Å². The zero-order chi connectivity index (χ0) is 0. The van der Waals surface area contributed by atoms with Crippen LogP contribution in [0.5, 0.6) is 0 Å². The Hall–Kier alpha value is 1.86. The molecule has 1 radical (unpaired) electrons. The summed E-state index contributed by atoms with van der Waals surface area (Å²) in [6.45, 7) is 0. The van der Waals surface area contributed by atoms with Crippen LogP contribution >= 0.6 is 40.4 Å². The summed E-state index contributed by atoms with van der Waals surface area (Å²) >= 11 is 0. The molecule has 0 bridgehead atoms. The maximum Gasteiger partial charge on any atom is 0 e. The maximum atomic E-state index is 0. The molecule has 4 heavy (non-hydrogen) atoms. The number of hydrogen-bond acceptors (Lipinski definition) is 0. The second kappa shape index (κ2) is 20.9. The SMILES string of the molecule is Br.P.S.[Li]. The Labute approximate surface area is 59.1 Å². The molecule has 0 aromatic rings. The van der Waals surface area contributed by atoms with Crippen molar-refractivity contribution in [2.75, 3.05) is 0 Å². The Morgan fingerprint density at radius 2 is 1.00 bits per heavy atom. The Bertz CT molecular complexity index is 8.00. The molecule has 0 fully saturated rings. The van der Waals surface area contributed by atoms with Crippen molar-refractivity contribution in [3.8, 4) is 0 Å². The van der Waals surface area contributed by atoms with Gasteiger partial charge in [-0.25, -0.2) is 0 Å². The Morgan fingerprint density at radius 1 is 1.00 bits per heavy atom. The quantitative estimate of drug-likeness (QED) is 0.351. The Kier molecular flexibility index (Phi) is 210. The summed E-state index contributed by atoms with van der Waals surface area (Å²) in [4.78, 5) is 0. The minimum Gasteiger partial charge on any atom is -0.197 e. The molecule has 0 rings (SSSR count). The third kappa shape index (κ3) is 9.13. The van der Waals surface area contributed by atoms with E-state index in [0.29, 0.717) is 0 Å². The van der Waals surface area contributed by atoms with Crippen molar-refractivity contribution in [3.05, 3.63) is 0 Å². The van der Waals surface area contributed by atoms with Gasteiger partial charge in [-0.15, -0.1) is 17.0 Å². The van der Waals surface area contributed by atoms with Gasteiger partial charge in [-0.1, -0.05) is 0 Å². The van der Waals surface area contributed by atoms with Gasteiger partial charge in [0, 0.05) is 18.9 Å². The molecule has 0 aliphatic carbocycles. The fourth-order valence-electron chi connectivity index (χ4n) is 0. The summed E-state index contributed by atoms with van der Waals surface area (Å²) in [6, 6.07) is 0. The summed E-state index contributed by atoms with van der Waals surface area (Å²) in [7, 11) is 0. The van der Waals surface area contributed by atoms with Crippen molar-refractivity contribution in [2.24, 2.45) is 0 Å². The molecule has 25 valence electrons. The van der Waals surface area contributed by atoms with Gasteiger partial charge in [-0.2, -0.15) is 23.4 Å². The number of halogens is 1. The third-order valence-electron chi connectivity index (χ3n) is 0. The Morgan fingerprint density at radius 3 is 1.00 bits per heavy atom. The number of hydrogen-bond donors (Lipinski definition) is 0. The van der Waals surface area contributed by atoms with Crippen molar-refractivity contribution in [1.29, 1.82) is 0 Å². The molecule has 0 saturated heterocycles. The van der Waals surface area contributed by atoms with Crippen LogP contribution in [0.25, 0.3) is 0 Å². The number of rotatable bonds is 0. The zero-order valence-corrected chi connectivity index (χ0v) is 6.74. The molecular formula is H6BrLiPS. The molecule has 0 amide bonds. The van der Waals surface area contributed by atoms with Crippen LogP contribution in [0.1, 0.15) is 0 Å². The molecule has 4 heteroatoms. The summed E-state index contributed by atoms with van der Waals surface area (Å²) in [5.74, 6) is 0. The van der Waals surface area contributed by atoms with E-state index < -0.39 is 0 Å². The second-order valence-electron chi connectivity index (χ2n) is 0. The topological polar surface area (TPSA) is 0 Å². The Balaban J connectivity index is 0. The van der Waals surface area contributed by atoms with E-state index in [9.17, 15) is 0 Å². The molecule has 1 atom stereocenters. The van der Waals surface area contributed by atoms with Gasteiger partial charge in [-0.05, 0) is 0 Å². The second-order valence-corrected chi connectivity index (χ2v) is 0. The van der Waals surface area contributed by atoms with E-state index in [1.807, 2.05) is 0 Å². The van der Waals surface area contributed by atoms with Crippen LogP contribution in [-0.4, -0.2) is 18.9 Å². The smallest absolute Gasteiger partial charge is 0 e. The fourth-order valence-corrected chi connectivity index (χ4v) is 0. The van der Waals surface area contributed by atoms with Gasteiger partial charge in [-0.3, -0.25) is 0 Å². The molecule has 0 heterocycles. The van der Waals surface area contributed by atoms with Crippen LogP contribution in [0.15, 0.2) is 0 Å². The zero-order valence-electron chi connectivity index (χ0n) is 2.62. The summed E-state index contributed by atoms with van der Waals surface area (Å²) in [5.41, 5.74) is 0. The molecule has 0 nitrogen and oxygen atoms in total. The van der Waals surface area contributed by atoms with Crippen molar-refractivity contribution in [3.63, 3.8) is 0 Å². The van der Waals surface area contributed by atoms with E-state index in [0.717, 1.165) is 0 Å². The predicted molar refractivity (Wildman–Crippen MR) is 37.6 cm³/mol. The normalized spacial score (nSPS) is 0. The van der Waals surface area contributed by atoms with Crippen LogP contribution in [-0.2, 0) is 0 Å². The van der Waals surface area contributed by atoms with E-state index >= 15 is 0 Å². The van der Waals surface area contributed by atoms with Crippen molar-refractivity contribution >= 4 is 59.2 Å². The van der Waals surface area contributed by atoms with Gasteiger partial charge in [0.25, 0.3) is 0 Å².